The fourth-order valence-corrected chi connectivity index (χ4v) is 1.61. The SMILES string of the molecule is O=C(CNC(=O)NCc1ccco1)N/N=C/c1ccccc1O. The Balaban J connectivity index is 1.66. The van der Waals surface area contributed by atoms with Crippen molar-refractivity contribution in [2.45, 2.75) is 6.54 Å². The van der Waals surface area contributed by atoms with E-state index in [0.29, 0.717) is 11.3 Å². The second kappa shape index (κ2) is 8.23. The summed E-state index contributed by atoms with van der Waals surface area (Å²) in [6, 6.07) is 9.50. The molecule has 0 unspecified atom stereocenters. The van der Waals surface area contributed by atoms with Gasteiger partial charge in [-0.15, -0.1) is 0 Å². The van der Waals surface area contributed by atoms with Crippen LogP contribution in [-0.4, -0.2) is 29.8 Å². The number of para-hydroxylation sites is 1. The minimum Gasteiger partial charge on any atom is -0.507 e. The molecule has 0 spiro atoms. The molecule has 0 radical (unpaired) electrons. The molecule has 0 saturated carbocycles. The zero-order chi connectivity index (χ0) is 16.5. The summed E-state index contributed by atoms with van der Waals surface area (Å²) in [5, 5.41) is 18.1. The predicted octanol–water partition coefficient (Wildman–Crippen LogP) is 0.935. The molecule has 0 aliphatic carbocycles. The molecule has 0 saturated heterocycles. The molecular formula is C15H16N4O4. The summed E-state index contributed by atoms with van der Waals surface area (Å²) in [5.74, 6) is 0.169. The number of nitrogens with one attached hydrogen (secondary N) is 3. The summed E-state index contributed by atoms with van der Waals surface area (Å²) in [5.41, 5.74) is 2.71. The predicted molar refractivity (Wildman–Crippen MR) is 82.8 cm³/mol. The lowest BCUT2D eigenvalue weighted by atomic mass is 10.2. The zero-order valence-corrected chi connectivity index (χ0v) is 12.2. The molecule has 1 aromatic carbocycles. The fourth-order valence-electron chi connectivity index (χ4n) is 1.61. The average Bonchev–Trinajstić information content (AvgIpc) is 3.06. The van der Waals surface area contributed by atoms with Gasteiger partial charge in [0.2, 0.25) is 0 Å². The standard InChI is InChI=1S/C15H16N4O4/c20-13-6-2-1-4-11(13)8-18-19-14(21)10-17-15(22)16-9-12-5-3-7-23-12/h1-8,20H,9-10H2,(H,19,21)(H2,16,17,22)/b18-8+. The van der Waals surface area contributed by atoms with E-state index >= 15 is 0 Å². The van der Waals surface area contributed by atoms with Crippen molar-refractivity contribution in [1.29, 1.82) is 0 Å². The molecule has 8 nitrogen and oxygen atoms in total. The summed E-state index contributed by atoms with van der Waals surface area (Å²) in [6.45, 7) is -0.00596. The van der Waals surface area contributed by atoms with Crippen molar-refractivity contribution in [3.8, 4) is 5.75 Å². The molecule has 4 N–H and O–H groups in total. The van der Waals surface area contributed by atoms with Crippen LogP contribution >= 0.6 is 0 Å². The molecule has 1 aromatic heterocycles. The number of furan rings is 1. The topological polar surface area (TPSA) is 116 Å². The number of hydrogen-bond donors (Lipinski definition) is 4. The van der Waals surface area contributed by atoms with Gasteiger partial charge in [0.1, 0.15) is 18.1 Å². The van der Waals surface area contributed by atoms with Crippen LogP contribution in [0.25, 0.3) is 0 Å². The lowest BCUT2D eigenvalue weighted by Crippen LogP contribution is -2.40. The molecule has 0 fully saturated rings. The molecule has 23 heavy (non-hydrogen) atoms. The van der Waals surface area contributed by atoms with E-state index in [0.717, 1.165) is 0 Å². The normalized spacial score (nSPS) is 10.4. The van der Waals surface area contributed by atoms with E-state index in [1.807, 2.05) is 0 Å². The van der Waals surface area contributed by atoms with Gasteiger partial charge in [0, 0.05) is 5.56 Å². The first-order chi connectivity index (χ1) is 11.1. The number of benzene rings is 1. The van der Waals surface area contributed by atoms with E-state index in [1.54, 1.807) is 30.3 Å². The van der Waals surface area contributed by atoms with Crippen molar-refractivity contribution in [2.24, 2.45) is 5.10 Å². The maximum Gasteiger partial charge on any atom is 0.315 e. The smallest absolute Gasteiger partial charge is 0.315 e. The monoisotopic (exact) mass is 316 g/mol. The van der Waals surface area contributed by atoms with Crippen LogP contribution in [0.15, 0.2) is 52.2 Å². The van der Waals surface area contributed by atoms with Gasteiger partial charge in [-0.05, 0) is 24.3 Å². The van der Waals surface area contributed by atoms with Crippen LogP contribution in [0, 0.1) is 0 Å². The Bertz CT molecular complexity index is 683. The Morgan fingerprint density at radius 3 is 2.74 bits per heavy atom. The first-order valence-electron chi connectivity index (χ1n) is 6.79. The highest BCUT2D eigenvalue weighted by Crippen LogP contribution is 2.12. The molecular weight excluding hydrogens is 300 g/mol. The van der Waals surface area contributed by atoms with E-state index in [2.05, 4.69) is 21.2 Å². The van der Waals surface area contributed by atoms with Gasteiger partial charge in [0.25, 0.3) is 5.91 Å². The Kier molecular flexibility index (Phi) is 5.75. The molecule has 2 aromatic rings. The largest absolute Gasteiger partial charge is 0.507 e. The summed E-state index contributed by atoms with van der Waals surface area (Å²) in [4.78, 5) is 23.0. The third kappa shape index (κ3) is 5.54. The van der Waals surface area contributed by atoms with E-state index in [1.165, 1.54) is 18.5 Å². The molecule has 0 aliphatic rings. The minimum atomic E-state index is -0.499. The average molecular weight is 316 g/mol. The highest BCUT2D eigenvalue weighted by molar-refractivity contribution is 5.86. The van der Waals surface area contributed by atoms with Crippen molar-refractivity contribution in [2.75, 3.05) is 6.54 Å². The van der Waals surface area contributed by atoms with Crippen LogP contribution in [0.2, 0.25) is 0 Å². The van der Waals surface area contributed by atoms with Gasteiger partial charge in [0.05, 0.1) is 19.0 Å². The van der Waals surface area contributed by atoms with Crippen molar-refractivity contribution >= 4 is 18.2 Å². The number of rotatable bonds is 6. The van der Waals surface area contributed by atoms with E-state index < -0.39 is 11.9 Å². The molecule has 0 bridgehead atoms. The third-order valence-corrected chi connectivity index (χ3v) is 2.74. The van der Waals surface area contributed by atoms with Crippen molar-refractivity contribution in [3.05, 3.63) is 54.0 Å². The molecule has 1 heterocycles. The molecule has 3 amide bonds. The van der Waals surface area contributed by atoms with Gasteiger partial charge >= 0.3 is 6.03 Å². The zero-order valence-electron chi connectivity index (χ0n) is 12.2. The van der Waals surface area contributed by atoms with Gasteiger partial charge in [-0.2, -0.15) is 5.10 Å². The number of carbonyl (C=O) groups excluding carboxylic acids is 2. The number of phenolic OH excluding ortho intramolecular Hbond substituents is 1. The Morgan fingerprint density at radius 2 is 2.00 bits per heavy atom. The molecule has 0 aliphatic heterocycles. The third-order valence-electron chi connectivity index (χ3n) is 2.74. The number of hydrogen-bond acceptors (Lipinski definition) is 5. The van der Waals surface area contributed by atoms with Crippen LogP contribution in [0.1, 0.15) is 11.3 Å². The highest BCUT2D eigenvalue weighted by Gasteiger charge is 2.05. The number of urea groups is 1. The summed E-state index contributed by atoms with van der Waals surface area (Å²) in [7, 11) is 0. The van der Waals surface area contributed by atoms with Crippen LogP contribution in [0.4, 0.5) is 4.79 Å². The van der Waals surface area contributed by atoms with Gasteiger partial charge in [-0.1, -0.05) is 12.1 Å². The second-order valence-electron chi connectivity index (χ2n) is 4.47. The Labute approximate surface area is 132 Å². The van der Waals surface area contributed by atoms with Crippen LogP contribution < -0.4 is 16.1 Å². The number of nitrogens with zero attached hydrogens (tertiary/aromatic N) is 1. The van der Waals surface area contributed by atoms with Gasteiger partial charge in [-0.3, -0.25) is 4.79 Å². The Hall–Kier alpha value is -3.29. The maximum absolute atomic E-state index is 11.5. The number of phenols is 1. The highest BCUT2D eigenvalue weighted by atomic mass is 16.3. The van der Waals surface area contributed by atoms with Crippen LogP contribution in [-0.2, 0) is 11.3 Å². The summed E-state index contributed by atoms with van der Waals surface area (Å²) >= 11 is 0. The number of carbonyl (C=O) groups is 2. The first kappa shape index (κ1) is 16.1. The van der Waals surface area contributed by atoms with Gasteiger partial charge in [0.15, 0.2) is 0 Å². The van der Waals surface area contributed by atoms with Crippen molar-refractivity contribution < 1.29 is 19.1 Å². The lowest BCUT2D eigenvalue weighted by Gasteiger charge is -2.05. The Morgan fingerprint density at radius 1 is 1.17 bits per heavy atom. The van der Waals surface area contributed by atoms with Crippen LogP contribution in [0.5, 0.6) is 5.75 Å². The molecule has 120 valence electrons. The van der Waals surface area contributed by atoms with E-state index in [4.69, 9.17) is 4.42 Å². The van der Waals surface area contributed by atoms with E-state index in [9.17, 15) is 14.7 Å². The first-order valence-corrected chi connectivity index (χ1v) is 6.79. The fraction of sp³-hybridized carbons (Fsp3) is 0.133. The summed E-state index contributed by atoms with van der Waals surface area (Å²) in [6.07, 6.45) is 2.81. The van der Waals surface area contributed by atoms with Crippen LogP contribution in [0.3, 0.4) is 0 Å². The number of amides is 3. The summed E-state index contributed by atoms with van der Waals surface area (Å²) < 4.78 is 5.05. The molecule has 8 heteroatoms. The van der Waals surface area contributed by atoms with Crippen molar-refractivity contribution in [3.63, 3.8) is 0 Å². The quantitative estimate of drug-likeness (QED) is 0.468. The minimum absolute atomic E-state index is 0.0564. The molecule has 0 atom stereocenters. The maximum atomic E-state index is 11.5. The van der Waals surface area contributed by atoms with E-state index in [-0.39, 0.29) is 18.8 Å². The second-order valence-corrected chi connectivity index (χ2v) is 4.47. The van der Waals surface area contributed by atoms with Crippen molar-refractivity contribution in [1.82, 2.24) is 16.1 Å². The molecule has 2 rings (SSSR count). The lowest BCUT2D eigenvalue weighted by molar-refractivity contribution is -0.120. The number of aromatic hydroxyl groups is 1. The van der Waals surface area contributed by atoms with Gasteiger partial charge < -0.3 is 20.2 Å². The van der Waals surface area contributed by atoms with Gasteiger partial charge in [-0.25, -0.2) is 10.2 Å². The number of hydrazone groups is 1.